The van der Waals surface area contributed by atoms with Gasteiger partial charge in [-0.1, -0.05) is 11.3 Å². The van der Waals surface area contributed by atoms with Crippen molar-refractivity contribution in [1.29, 1.82) is 0 Å². The molecule has 0 aliphatic heterocycles. The van der Waals surface area contributed by atoms with Gasteiger partial charge in [-0.05, 0) is 36.6 Å². The van der Waals surface area contributed by atoms with Gasteiger partial charge in [0, 0.05) is 17.9 Å². The number of carbonyl (C=O) groups excluding carboxylic acids is 1. The summed E-state index contributed by atoms with van der Waals surface area (Å²) in [6.07, 6.45) is 2.01. The SMILES string of the molecule is COc1cc(C(=O)N=c2sc3cc(F)ccc3n2CCSC)cc(OC)c1OC. The van der Waals surface area contributed by atoms with E-state index in [1.807, 2.05) is 10.8 Å². The van der Waals surface area contributed by atoms with E-state index in [-0.39, 0.29) is 5.82 Å². The highest BCUT2D eigenvalue weighted by Crippen LogP contribution is 2.38. The number of thiazole rings is 1. The first kappa shape index (κ1) is 21.2. The van der Waals surface area contributed by atoms with Crippen molar-refractivity contribution in [3.8, 4) is 17.2 Å². The number of ether oxygens (including phenoxy) is 3. The molecule has 3 aromatic rings. The van der Waals surface area contributed by atoms with Gasteiger partial charge in [-0.15, -0.1) is 0 Å². The molecular formula is C20H21FN2O4S2. The lowest BCUT2D eigenvalue weighted by Gasteiger charge is -2.12. The number of hydrogen-bond acceptors (Lipinski definition) is 6. The Kier molecular flexibility index (Phi) is 6.81. The molecule has 0 bridgehead atoms. The maximum atomic E-state index is 13.7. The Bertz CT molecular complexity index is 1080. The van der Waals surface area contributed by atoms with Gasteiger partial charge < -0.3 is 18.8 Å². The fourth-order valence-electron chi connectivity index (χ4n) is 2.89. The van der Waals surface area contributed by atoms with Crippen LogP contribution in [-0.4, -0.2) is 43.8 Å². The molecule has 0 fully saturated rings. The monoisotopic (exact) mass is 436 g/mol. The summed E-state index contributed by atoms with van der Waals surface area (Å²) in [7, 11) is 4.47. The minimum absolute atomic E-state index is 0.305. The number of methoxy groups -OCH3 is 3. The summed E-state index contributed by atoms with van der Waals surface area (Å²) >= 11 is 2.96. The molecule has 3 rings (SSSR count). The molecular weight excluding hydrogens is 415 g/mol. The van der Waals surface area contributed by atoms with Crippen LogP contribution in [0.3, 0.4) is 0 Å². The number of hydrogen-bond donors (Lipinski definition) is 0. The van der Waals surface area contributed by atoms with Crippen LogP contribution < -0.4 is 19.0 Å². The molecule has 1 aromatic heterocycles. The Morgan fingerprint density at radius 2 is 1.83 bits per heavy atom. The zero-order valence-corrected chi connectivity index (χ0v) is 18.2. The number of carbonyl (C=O) groups is 1. The molecule has 0 unspecified atom stereocenters. The summed E-state index contributed by atoms with van der Waals surface area (Å²) in [6, 6.07) is 7.71. The van der Waals surface area contributed by atoms with Crippen LogP contribution in [-0.2, 0) is 6.54 Å². The highest BCUT2D eigenvalue weighted by Gasteiger charge is 2.17. The van der Waals surface area contributed by atoms with E-state index in [1.54, 1.807) is 30.0 Å². The first-order valence-electron chi connectivity index (χ1n) is 8.69. The second-order valence-corrected chi connectivity index (χ2v) is 7.97. The summed E-state index contributed by atoms with van der Waals surface area (Å²) in [5.74, 6) is 1.22. The zero-order valence-electron chi connectivity index (χ0n) is 16.5. The summed E-state index contributed by atoms with van der Waals surface area (Å²) in [6.45, 7) is 0.661. The molecule has 0 spiro atoms. The normalized spacial score (nSPS) is 11.7. The fourth-order valence-corrected chi connectivity index (χ4v) is 4.33. The van der Waals surface area contributed by atoms with Crippen molar-refractivity contribution in [2.24, 2.45) is 4.99 Å². The standard InChI is InChI=1S/C20H21FN2O4S2/c1-25-15-9-12(10-16(26-2)18(15)27-3)19(24)22-20-23(7-8-28-4)14-6-5-13(21)11-17(14)29-20/h5-6,9-11H,7-8H2,1-4H3. The number of amides is 1. The van der Waals surface area contributed by atoms with Gasteiger partial charge in [-0.25, -0.2) is 4.39 Å². The third kappa shape index (κ3) is 4.40. The van der Waals surface area contributed by atoms with Crippen molar-refractivity contribution in [3.05, 3.63) is 46.5 Å². The van der Waals surface area contributed by atoms with Crippen LogP contribution >= 0.6 is 23.1 Å². The smallest absolute Gasteiger partial charge is 0.279 e. The zero-order chi connectivity index (χ0) is 21.0. The molecule has 0 saturated carbocycles. The van der Waals surface area contributed by atoms with Gasteiger partial charge in [0.15, 0.2) is 16.3 Å². The van der Waals surface area contributed by atoms with E-state index in [4.69, 9.17) is 14.2 Å². The van der Waals surface area contributed by atoms with E-state index < -0.39 is 5.91 Å². The van der Waals surface area contributed by atoms with Crippen LogP contribution in [0.15, 0.2) is 35.3 Å². The first-order valence-corrected chi connectivity index (χ1v) is 10.9. The third-order valence-electron chi connectivity index (χ3n) is 4.27. The van der Waals surface area contributed by atoms with Gasteiger partial charge >= 0.3 is 0 Å². The number of aromatic nitrogens is 1. The number of rotatable bonds is 7. The Balaban J connectivity index is 2.12. The second-order valence-electron chi connectivity index (χ2n) is 5.97. The van der Waals surface area contributed by atoms with Crippen molar-refractivity contribution in [1.82, 2.24) is 4.57 Å². The number of fused-ring (bicyclic) bond motifs is 1. The van der Waals surface area contributed by atoms with Crippen molar-refractivity contribution in [2.45, 2.75) is 6.54 Å². The van der Waals surface area contributed by atoms with Crippen LogP contribution in [0.1, 0.15) is 10.4 Å². The molecule has 0 N–H and O–H groups in total. The Labute approximate surface area is 175 Å². The number of aryl methyl sites for hydroxylation is 1. The van der Waals surface area contributed by atoms with E-state index in [0.29, 0.717) is 34.2 Å². The third-order valence-corrected chi connectivity index (χ3v) is 5.90. The van der Waals surface area contributed by atoms with Gasteiger partial charge in [0.2, 0.25) is 5.75 Å². The largest absolute Gasteiger partial charge is 0.493 e. The van der Waals surface area contributed by atoms with Gasteiger partial charge in [0.25, 0.3) is 5.91 Å². The predicted molar refractivity (Wildman–Crippen MR) is 114 cm³/mol. The summed E-state index contributed by atoms with van der Waals surface area (Å²) in [5, 5.41) is 0. The van der Waals surface area contributed by atoms with E-state index in [0.717, 1.165) is 16.0 Å². The summed E-state index contributed by atoms with van der Waals surface area (Å²) in [4.78, 5) is 17.7. The van der Waals surface area contributed by atoms with Gasteiger partial charge in [0.1, 0.15) is 5.82 Å². The highest BCUT2D eigenvalue weighted by atomic mass is 32.2. The number of thioether (sulfide) groups is 1. The maximum Gasteiger partial charge on any atom is 0.279 e. The van der Waals surface area contributed by atoms with E-state index in [2.05, 4.69) is 4.99 Å². The predicted octanol–water partition coefficient (Wildman–Crippen LogP) is 3.97. The molecule has 1 amide bonds. The lowest BCUT2D eigenvalue weighted by atomic mass is 10.1. The molecule has 6 nitrogen and oxygen atoms in total. The van der Waals surface area contributed by atoms with E-state index >= 15 is 0 Å². The van der Waals surface area contributed by atoms with Gasteiger partial charge in [-0.2, -0.15) is 16.8 Å². The number of halogens is 1. The highest BCUT2D eigenvalue weighted by molar-refractivity contribution is 7.98. The molecule has 0 atom stereocenters. The molecule has 0 aliphatic carbocycles. The molecule has 0 radical (unpaired) electrons. The molecule has 1 heterocycles. The first-order chi connectivity index (χ1) is 14.0. The minimum atomic E-state index is -0.450. The van der Waals surface area contributed by atoms with Crippen LogP contribution in [0.5, 0.6) is 17.2 Å². The maximum absolute atomic E-state index is 13.7. The van der Waals surface area contributed by atoms with Crippen molar-refractivity contribution in [3.63, 3.8) is 0 Å². The lowest BCUT2D eigenvalue weighted by molar-refractivity contribution is 0.0997. The second kappa shape index (κ2) is 9.32. The minimum Gasteiger partial charge on any atom is -0.493 e. The Morgan fingerprint density at radius 3 is 2.41 bits per heavy atom. The molecule has 0 saturated heterocycles. The van der Waals surface area contributed by atoms with Crippen molar-refractivity contribution in [2.75, 3.05) is 33.3 Å². The lowest BCUT2D eigenvalue weighted by Crippen LogP contribution is -2.18. The summed E-state index contributed by atoms with van der Waals surface area (Å²) < 4.78 is 32.2. The fraction of sp³-hybridized carbons (Fsp3) is 0.300. The van der Waals surface area contributed by atoms with Crippen LogP contribution in [0.25, 0.3) is 10.2 Å². The quantitative estimate of drug-likeness (QED) is 0.561. The van der Waals surface area contributed by atoms with Crippen LogP contribution in [0.2, 0.25) is 0 Å². The number of benzene rings is 2. The van der Waals surface area contributed by atoms with Crippen LogP contribution in [0, 0.1) is 5.82 Å². The van der Waals surface area contributed by atoms with Gasteiger partial charge in [-0.3, -0.25) is 4.79 Å². The van der Waals surface area contributed by atoms with Crippen molar-refractivity contribution < 1.29 is 23.4 Å². The molecule has 9 heteroatoms. The van der Waals surface area contributed by atoms with E-state index in [1.165, 1.54) is 44.8 Å². The van der Waals surface area contributed by atoms with E-state index in [9.17, 15) is 9.18 Å². The Hall–Kier alpha value is -2.52. The molecule has 0 aliphatic rings. The van der Waals surface area contributed by atoms with Crippen molar-refractivity contribution >= 4 is 39.2 Å². The average Bonchev–Trinajstić information content (AvgIpc) is 3.06. The molecule has 29 heavy (non-hydrogen) atoms. The van der Waals surface area contributed by atoms with Crippen LogP contribution in [0.4, 0.5) is 4.39 Å². The molecule has 154 valence electrons. The van der Waals surface area contributed by atoms with Gasteiger partial charge in [0.05, 0.1) is 31.5 Å². The summed E-state index contributed by atoms with van der Waals surface area (Å²) in [5.41, 5.74) is 1.15. The number of nitrogens with zero attached hydrogens (tertiary/aromatic N) is 2. The molecule has 2 aromatic carbocycles. The Morgan fingerprint density at radius 1 is 1.14 bits per heavy atom. The average molecular weight is 437 g/mol. The topological polar surface area (TPSA) is 62.0 Å².